The molecule has 1 saturated heterocycles. The molecular weight excluding hydrogens is 648 g/mol. The van der Waals surface area contributed by atoms with Gasteiger partial charge in [-0.25, -0.2) is 12.8 Å². The molecule has 3 aromatic carbocycles. The molecule has 0 saturated carbocycles. The van der Waals surface area contributed by atoms with Crippen molar-refractivity contribution in [3.05, 3.63) is 78.4 Å². The number of hydrogen-bond donors (Lipinski definition) is 3. The van der Waals surface area contributed by atoms with Crippen molar-refractivity contribution in [2.75, 3.05) is 49.3 Å². The minimum absolute atomic E-state index is 0.128. The number of benzene rings is 3. The molecule has 262 valence electrons. The summed E-state index contributed by atoms with van der Waals surface area (Å²) >= 11 is 0. The van der Waals surface area contributed by atoms with Crippen molar-refractivity contribution in [2.45, 2.75) is 68.5 Å². The Labute approximate surface area is 280 Å². The number of nitrogens with zero attached hydrogens (tertiary/aromatic N) is 1. The Balaban J connectivity index is 1.45. The van der Waals surface area contributed by atoms with Crippen LogP contribution in [0.15, 0.2) is 77.7 Å². The highest BCUT2D eigenvalue weighted by Gasteiger charge is 2.44. The quantitative estimate of drug-likeness (QED) is 0.171. The van der Waals surface area contributed by atoms with Crippen molar-refractivity contribution in [3.63, 3.8) is 0 Å². The number of hydrogen-bond acceptors (Lipinski definition) is 7. The van der Waals surface area contributed by atoms with E-state index >= 15 is 0 Å². The topological polar surface area (TPSA) is 99.8 Å². The van der Waals surface area contributed by atoms with Gasteiger partial charge in [0.05, 0.1) is 24.2 Å². The summed E-state index contributed by atoms with van der Waals surface area (Å²) in [6.45, 7) is 7.59. The van der Waals surface area contributed by atoms with Crippen molar-refractivity contribution in [3.8, 4) is 11.1 Å². The van der Waals surface area contributed by atoms with Crippen LogP contribution in [0.4, 0.5) is 28.9 Å². The number of anilines is 2. The molecule has 0 unspecified atom stereocenters. The third-order valence-corrected chi connectivity index (χ3v) is 9.32. The number of alkyl halides is 4. The van der Waals surface area contributed by atoms with E-state index in [0.29, 0.717) is 37.3 Å². The normalized spacial score (nSPS) is 16.2. The van der Waals surface area contributed by atoms with E-state index in [4.69, 9.17) is 4.74 Å². The molecule has 3 atom stereocenters. The van der Waals surface area contributed by atoms with E-state index in [1.54, 1.807) is 12.1 Å². The Bertz CT molecular complexity index is 1590. The summed E-state index contributed by atoms with van der Waals surface area (Å²) in [5.41, 5.74) is 1.01. The van der Waals surface area contributed by atoms with E-state index in [1.165, 1.54) is 50.2 Å². The number of amides is 1. The van der Waals surface area contributed by atoms with Crippen LogP contribution in [-0.4, -0.2) is 77.4 Å². The molecule has 48 heavy (non-hydrogen) atoms. The van der Waals surface area contributed by atoms with E-state index in [-0.39, 0.29) is 10.5 Å². The molecule has 0 aliphatic carbocycles. The maximum absolute atomic E-state index is 14.9. The van der Waals surface area contributed by atoms with Gasteiger partial charge in [-0.1, -0.05) is 43.3 Å². The zero-order valence-corrected chi connectivity index (χ0v) is 28.4. The van der Waals surface area contributed by atoms with Gasteiger partial charge in [0.1, 0.15) is 11.7 Å². The number of morpholine rings is 1. The Morgan fingerprint density at radius 2 is 1.46 bits per heavy atom. The average molecular weight is 693 g/mol. The Morgan fingerprint density at radius 3 is 1.96 bits per heavy atom. The molecule has 3 aromatic rings. The molecule has 1 aliphatic heterocycles. The number of nitrogens with one attached hydrogen (secondary N) is 3. The van der Waals surface area contributed by atoms with Crippen molar-refractivity contribution in [1.29, 1.82) is 0 Å². The van der Waals surface area contributed by atoms with E-state index in [2.05, 4.69) is 20.9 Å². The van der Waals surface area contributed by atoms with Crippen LogP contribution in [0.5, 0.6) is 0 Å². The molecule has 4 rings (SSSR count). The largest absolute Gasteiger partial charge is 0.407 e. The summed E-state index contributed by atoms with van der Waals surface area (Å²) in [5, 5.41) is 8.50. The van der Waals surface area contributed by atoms with Crippen LogP contribution in [0.1, 0.15) is 45.2 Å². The lowest BCUT2D eigenvalue weighted by Gasteiger charge is -2.31. The summed E-state index contributed by atoms with van der Waals surface area (Å²) in [4.78, 5) is 15.8. The van der Waals surface area contributed by atoms with Gasteiger partial charge in [-0.3, -0.25) is 10.1 Å². The summed E-state index contributed by atoms with van der Waals surface area (Å²) in [6.07, 6.45) is -3.70. The smallest absolute Gasteiger partial charge is 0.383 e. The molecule has 0 aromatic heterocycles. The predicted molar refractivity (Wildman–Crippen MR) is 181 cm³/mol. The van der Waals surface area contributed by atoms with Crippen LogP contribution >= 0.6 is 0 Å². The minimum Gasteiger partial charge on any atom is -0.383 e. The van der Waals surface area contributed by atoms with Crippen molar-refractivity contribution >= 4 is 27.1 Å². The third-order valence-electron chi connectivity index (χ3n) is 8.20. The van der Waals surface area contributed by atoms with E-state index < -0.39 is 52.1 Å². The lowest BCUT2D eigenvalue weighted by Crippen LogP contribution is -2.53. The second-order valence-corrected chi connectivity index (χ2v) is 14.7. The summed E-state index contributed by atoms with van der Waals surface area (Å²) < 4.78 is 87.2. The first-order chi connectivity index (χ1) is 22.5. The van der Waals surface area contributed by atoms with Crippen LogP contribution in [-0.2, 0) is 19.4 Å². The highest BCUT2D eigenvalue weighted by atomic mass is 32.2. The molecule has 1 fully saturated rings. The van der Waals surface area contributed by atoms with Gasteiger partial charge in [0.15, 0.2) is 9.84 Å². The molecule has 0 spiro atoms. The monoisotopic (exact) mass is 692 g/mol. The number of ether oxygens (including phenoxy) is 1. The summed E-state index contributed by atoms with van der Waals surface area (Å²) in [6, 6.07) is 15.3. The summed E-state index contributed by atoms with van der Waals surface area (Å²) in [5.74, 6) is -0.728. The van der Waals surface area contributed by atoms with Crippen molar-refractivity contribution in [2.24, 2.45) is 0 Å². The molecule has 1 aliphatic rings. The molecule has 0 radical (unpaired) electrons. The van der Waals surface area contributed by atoms with Crippen LogP contribution in [0.3, 0.4) is 0 Å². The summed E-state index contributed by atoms with van der Waals surface area (Å²) in [7, 11) is -3.40. The third kappa shape index (κ3) is 10.7. The Kier molecular flexibility index (Phi) is 12.1. The zero-order valence-electron chi connectivity index (χ0n) is 27.6. The van der Waals surface area contributed by atoms with Gasteiger partial charge in [-0.2, -0.15) is 13.2 Å². The van der Waals surface area contributed by atoms with Crippen LogP contribution < -0.4 is 20.9 Å². The molecule has 0 bridgehead atoms. The van der Waals surface area contributed by atoms with E-state index in [0.717, 1.165) is 30.7 Å². The first-order valence-corrected chi connectivity index (χ1v) is 17.8. The van der Waals surface area contributed by atoms with Gasteiger partial charge >= 0.3 is 6.18 Å². The Morgan fingerprint density at radius 1 is 0.896 bits per heavy atom. The van der Waals surface area contributed by atoms with Crippen LogP contribution in [0.25, 0.3) is 11.1 Å². The maximum Gasteiger partial charge on any atom is 0.407 e. The van der Waals surface area contributed by atoms with Gasteiger partial charge in [0.25, 0.3) is 0 Å². The molecule has 3 N–H and O–H groups in total. The van der Waals surface area contributed by atoms with E-state index in [9.17, 15) is 30.8 Å². The number of rotatable bonds is 14. The fourth-order valence-corrected chi connectivity index (χ4v) is 6.14. The number of halogens is 4. The lowest BCUT2D eigenvalue weighted by atomic mass is 9.96. The Hall–Kier alpha value is -3.68. The maximum atomic E-state index is 14.9. The number of carbonyl (C=O) groups is 1. The molecule has 1 amide bonds. The average Bonchev–Trinajstić information content (AvgIpc) is 3.04. The fourth-order valence-electron chi connectivity index (χ4n) is 5.51. The van der Waals surface area contributed by atoms with Crippen LogP contribution in [0.2, 0.25) is 0 Å². The zero-order chi connectivity index (χ0) is 35.1. The first-order valence-electron chi connectivity index (χ1n) is 15.9. The van der Waals surface area contributed by atoms with E-state index in [1.807, 2.05) is 31.2 Å². The van der Waals surface area contributed by atoms with Crippen molar-refractivity contribution in [1.82, 2.24) is 10.6 Å². The number of carbonyl (C=O) groups excluding carboxylic acids is 1. The predicted octanol–water partition coefficient (Wildman–Crippen LogP) is 6.30. The lowest BCUT2D eigenvalue weighted by molar-refractivity contribution is -0.161. The highest BCUT2D eigenvalue weighted by molar-refractivity contribution is 7.90. The SMILES string of the molecule is CC[C@@H](CNc1ccc(N2CCOCC2)cc1)NC(=O)[C@H](CC(C)(C)F)N[C@@H](c1ccc(-c2ccc(S(C)(=O)=O)cc2)cc1)C(F)(F)F. The standard InChI is InChI=1S/C35H44F4N4O4S/c1-5-27(23-40-28-12-14-29(15-13-28)43-18-20-47-21-19-43)41-33(44)31(22-34(2,3)36)42-32(35(37,38)39)26-8-6-24(7-9-26)25-10-16-30(17-11-25)48(4,45)46/h6-17,27,31-32,40,42H,5,18-23H2,1-4H3,(H,41,44)/t27-,31-,32-/m0/s1. The van der Waals surface area contributed by atoms with Gasteiger partial charge in [0.2, 0.25) is 5.91 Å². The molecule has 1 heterocycles. The molecular formula is C35H44F4N4O4S. The number of sulfone groups is 1. The van der Waals surface area contributed by atoms with Gasteiger partial charge < -0.3 is 20.3 Å². The van der Waals surface area contributed by atoms with Crippen LogP contribution in [0, 0.1) is 0 Å². The van der Waals surface area contributed by atoms with Gasteiger partial charge in [0, 0.05) is 49.7 Å². The van der Waals surface area contributed by atoms with Gasteiger partial charge in [-0.15, -0.1) is 0 Å². The molecule has 13 heteroatoms. The van der Waals surface area contributed by atoms with Crippen molar-refractivity contribution < 1.29 is 35.5 Å². The minimum atomic E-state index is -4.79. The molecule has 8 nitrogen and oxygen atoms in total. The fraction of sp³-hybridized carbons (Fsp3) is 0.457. The second-order valence-electron chi connectivity index (χ2n) is 12.7. The highest BCUT2D eigenvalue weighted by Crippen LogP contribution is 2.35. The van der Waals surface area contributed by atoms with Gasteiger partial charge in [-0.05, 0) is 73.4 Å². The second kappa shape index (κ2) is 15.7. The first kappa shape index (κ1) is 37.1.